The normalized spacial score (nSPS) is 12.2. The quantitative estimate of drug-likeness (QED) is 0.265. The van der Waals surface area contributed by atoms with Gasteiger partial charge in [-0.2, -0.15) is 0 Å². The Kier molecular flexibility index (Phi) is 12.0. The highest BCUT2D eigenvalue weighted by atomic mass is 16.5. The van der Waals surface area contributed by atoms with Gasteiger partial charge in [0.05, 0.1) is 6.10 Å². The van der Waals surface area contributed by atoms with E-state index in [-0.39, 0.29) is 17.6 Å². The maximum atomic E-state index is 9.98. The molecule has 0 saturated heterocycles. The molecule has 0 saturated carbocycles. The van der Waals surface area contributed by atoms with Crippen LogP contribution < -0.4 is 4.74 Å². The molecule has 0 aliphatic carbocycles. The summed E-state index contributed by atoms with van der Waals surface area (Å²) in [6, 6.07) is 4.93. The maximum absolute atomic E-state index is 9.98. The first-order valence-electron chi connectivity index (χ1n) is 10.4. The molecule has 1 unspecified atom stereocenters. The molecule has 0 radical (unpaired) electrons. The van der Waals surface area contributed by atoms with Gasteiger partial charge in [0, 0.05) is 0 Å². The predicted molar refractivity (Wildman–Crippen MR) is 106 cm³/mol. The fourth-order valence-corrected chi connectivity index (χ4v) is 3.18. The van der Waals surface area contributed by atoms with Crippen LogP contribution in [0.3, 0.4) is 0 Å². The average Bonchev–Trinajstić information content (AvgIpc) is 2.61. The number of phenolic OH excluding ortho intramolecular Hbond substituents is 2. The van der Waals surface area contributed by atoms with Gasteiger partial charge in [0.1, 0.15) is 0 Å². The lowest BCUT2D eigenvalue weighted by Crippen LogP contribution is -2.16. The number of ether oxygens (including phenoxy) is 1. The summed E-state index contributed by atoms with van der Waals surface area (Å²) < 4.78 is 6.05. The number of hydrogen-bond donors (Lipinski definition) is 2. The second-order valence-electron chi connectivity index (χ2n) is 7.12. The molecule has 0 bridgehead atoms. The fraction of sp³-hybridized carbons (Fsp3) is 0.727. The van der Waals surface area contributed by atoms with Crippen molar-refractivity contribution in [3.05, 3.63) is 18.2 Å². The second-order valence-corrected chi connectivity index (χ2v) is 7.12. The van der Waals surface area contributed by atoms with Gasteiger partial charge in [-0.3, -0.25) is 0 Å². The maximum Gasteiger partial charge on any atom is 0.200 e. The van der Waals surface area contributed by atoms with Crippen molar-refractivity contribution < 1.29 is 14.9 Å². The topological polar surface area (TPSA) is 49.7 Å². The van der Waals surface area contributed by atoms with Crippen LogP contribution in [0.25, 0.3) is 0 Å². The van der Waals surface area contributed by atoms with Crippen LogP contribution in [0.5, 0.6) is 17.2 Å². The molecule has 1 aromatic carbocycles. The van der Waals surface area contributed by atoms with Crippen LogP contribution in [0, 0.1) is 0 Å². The van der Waals surface area contributed by atoms with E-state index >= 15 is 0 Å². The van der Waals surface area contributed by atoms with Gasteiger partial charge in [-0.1, -0.05) is 77.7 Å². The van der Waals surface area contributed by atoms with E-state index in [1.165, 1.54) is 76.7 Å². The minimum atomic E-state index is -0.138. The Balaban J connectivity index is 2.44. The van der Waals surface area contributed by atoms with Crippen LogP contribution in [-0.4, -0.2) is 16.3 Å². The zero-order valence-electron chi connectivity index (χ0n) is 16.3. The summed E-state index contributed by atoms with van der Waals surface area (Å²) in [6.07, 6.45) is 16.1. The molecule has 0 amide bonds. The summed E-state index contributed by atoms with van der Waals surface area (Å²) in [7, 11) is 0. The lowest BCUT2D eigenvalue weighted by Gasteiger charge is -2.20. The molecule has 1 rings (SSSR count). The molecule has 0 aliphatic rings. The Bertz CT molecular complexity index is 445. The number of aromatic hydroxyl groups is 2. The molecule has 0 aliphatic heterocycles. The number of rotatable bonds is 15. The minimum absolute atomic E-state index is 0.112. The van der Waals surface area contributed by atoms with Gasteiger partial charge in [-0.15, -0.1) is 0 Å². The molecule has 0 heterocycles. The first kappa shape index (κ1) is 21.7. The van der Waals surface area contributed by atoms with Gasteiger partial charge in [0.25, 0.3) is 0 Å². The Morgan fingerprint density at radius 1 is 0.760 bits per heavy atom. The summed E-state index contributed by atoms with van der Waals surface area (Å²) in [5, 5.41) is 19.6. The van der Waals surface area contributed by atoms with Gasteiger partial charge in [0.2, 0.25) is 5.75 Å². The van der Waals surface area contributed by atoms with E-state index in [9.17, 15) is 10.2 Å². The molecule has 3 heteroatoms. The highest BCUT2D eigenvalue weighted by Crippen LogP contribution is 2.36. The van der Waals surface area contributed by atoms with Gasteiger partial charge in [0.15, 0.2) is 11.5 Å². The van der Waals surface area contributed by atoms with Crippen LogP contribution in [0.2, 0.25) is 0 Å². The van der Waals surface area contributed by atoms with E-state index in [0.29, 0.717) is 5.75 Å². The van der Waals surface area contributed by atoms with Crippen molar-refractivity contribution in [1.29, 1.82) is 0 Å². The van der Waals surface area contributed by atoms with E-state index in [2.05, 4.69) is 13.8 Å². The number of benzene rings is 1. The largest absolute Gasteiger partial charge is 0.504 e. The van der Waals surface area contributed by atoms with Crippen LogP contribution in [0.1, 0.15) is 97.3 Å². The Morgan fingerprint density at radius 2 is 1.28 bits per heavy atom. The van der Waals surface area contributed by atoms with Crippen LogP contribution >= 0.6 is 0 Å². The minimum Gasteiger partial charge on any atom is -0.504 e. The Morgan fingerprint density at radius 3 is 1.84 bits per heavy atom. The monoisotopic (exact) mass is 350 g/mol. The van der Waals surface area contributed by atoms with Crippen molar-refractivity contribution in [2.75, 3.05) is 0 Å². The standard InChI is InChI=1S/C22H38O3/c1-3-5-7-9-11-13-16-19(15-12-10-8-6-4-2)25-21-18-14-17-20(23)22(21)24/h14,17-19,23-24H,3-13,15-16H2,1-2H3. The zero-order valence-corrected chi connectivity index (χ0v) is 16.3. The van der Waals surface area contributed by atoms with Crippen molar-refractivity contribution in [3.63, 3.8) is 0 Å². The molecule has 2 N–H and O–H groups in total. The SMILES string of the molecule is CCCCCCCCC(CCCCCCC)Oc1cccc(O)c1O. The highest BCUT2D eigenvalue weighted by Gasteiger charge is 2.14. The van der Waals surface area contributed by atoms with Crippen LogP contribution in [0.4, 0.5) is 0 Å². The van der Waals surface area contributed by atoms with E-state index < -0.39 is 0 Å². The third-order valence-electron chi connectivity index (χ3n) is 4.78. The third kappa shape index (κ3) is 9.62. The van der Waals surface area contributed by atoms with Gasteiger partial charge in [-0.25, -0.2) is 0 Å². The number of hydrogen-bond acceptors (Lipinski definition) is 3. The molecule has 0 spiro atoms. The number of unbranched alkanes of at least 4 members (excludes halogenated alkanes) is 9. The van der Waals surface area contributed by atoms with Gasteiger partial charge < -0.3 is 14.9 Å². The summed E-state index contributed by atoms with van der Waals surface area (Å²) in [5.74, 6) is 0.157. The summed E-state index contributed by atoms with van der Waals surface area (Å²) in [6.45, 7) is 4.47. The molecule has 1 atom stereocenters. The van der Waals surface area contributed by atoms with Crippen molar-refractivity contribution in [2.24, 2.45) is 0 Å². The Labute approximate surface area is 154 Å². The van der Waals surface area contributed by atoms with Crippen molar-refractivity contribution >= 4 is 0 Å². The summed E-state index contributed by atoms with van der Waals surface area (Å²) >= 11 is 0. The third-order valence-corrected chi connectivity index (χ3v) is 4.78. The molecule has 1 aromatic rings. The van der Waals surface area contributed by atoms with Crippen LogP contribution in [0.15, 0.2) is 18.2 Å². The lowest BCUT2D eigenvalue weighted by molar-refractivity contribution is 0.165. The van der Waals surface area contributed by atoms with E-state index in [1.54, 1.807) is 12.1 Å². The van der Waals surface area contributed by atoms with E-state index in [1.807, 2.05) is 0 Å². The van der Waals surface area contributed by atoms with Crippen molar-refractivity contribution in [3.8, 4) is 17.2 Å². The predicted octanol–water partition coefficient (Wildman–Crippen LogP) is 6.96. The van der Waals surface area contributed by atoms with Crippen molar-refractivity contribution in [2.45, 2.75) is 103 Å². The Hall–Kier alpha value is -1.38. The molecular formula is C22H38O3. The van der Waals surface area contributed by atoms with E-state index in [0.717, 1.165) is 12.8 Å². The first-order chi connectivity index (χ1) is 12.2. The fourth-order valence-electron chi connectivity index (χ4n) is 3.18. The van der Waals surface area contributed by atoms with Gasteiger partial charge in [-0.05, 0) is 37.8 Å². The van der Waals surface area contributed by atoms with Gasteiger partial charge >= 0.3 is 0 Å². The molecule has 0 fully saturated rings. The van der Waals surface area contributed by atoms with Crippen molar-refractivity contribution in [1.82, 2.24) is 0 Å². The van der Waals surface area contributed by atoms with E-state index in [4.69, 9.17) is 4.74 Å². The van der Waals surface area contributed by atoms with Crippen LogP contribution in [-0.2, 0) is 0 Å². The average molecular weight is 351 g/mol. The molecule has 3 nitrogen and oxygen atoms in total. The summed E-state index contributed by atoms with van der Waals surface area (Å²) in [4.78, 5) is 0. The zero-order chi connectivity index (χ0) is 18.3. The second kappa shape index (κ2) is 13.9. The molecule has 25 heavy (non-hydrogen) atoms. The highest BCUT2D eigenvalue weighted by molar-refractivity contribution is 5.48. The molecular weight excluding hydrogens is 312 g/mol. The lowest BCUT2D eigenvalue weighted by atomic mass is 10.0. The summed E-state index contributed by atoms with van der Waals surface area (Å²) in [5.41, 5.74) is 0. The molecule has 0 aromatic heterocycles. The smallest absolute Gasteiger partial charge is 0.200 e. The first-order valence-corrected chi connectivity index (χ1v) is 10.4. The number of para-hydroxylation sites is 1. The number of phenols is 2. The molecule has 144 valence electrons.